The van der Waals surface area contributed by atoms with Crippen molar-refractivity contribution >= 4 is 0 Å². The molecule has 0 aromatic heterocycles. The first-order valence-corrected chi connectivity index (χ1v) is 6.90. The van der Waals surface area contributed by atoms with Crippen molar-refractivity contribution < 1.29 is 0 Å². The molecule has 2 aliphatic rings. The maximum absolute atomic E-state index is 2.58. The lowest BCUT2D eigenvalue weighted by molar-refractivity contribution is -0.360. The monoisotopic (exact) mass is 208 g/mol. The Morgan fingerprint density at radius 2 is 1.73 bits per heavy atom. The molecule has 0 N–H and O–H groups in total. The fourth-order valence-electron chi connectivity index (χ4n) is 5.88. The normalized spacial score (nSPS) is 58.0. The second-order valence-corrected chi connectivity index (χ2v) is 6.71. The van der Waals surface area contributed by atoms with Crippen LogP contribution >= 0.6 is 0 Å². The van der Waals surface area contributed by atoms with Crippen molar-refractivity contribution in [3.8, 4) is 0 Å². The minimum Gasteiger partial charge on any atom is -0.0654 e. The van der Waals surface area contributed by atoms with E-state index in [9.17, 15) is 0 Å². The zero-order valence-corrected chi connectivity index (χ0v) is 11.5. The van der Waals surface area contributed by atoms with Gasteiger partial charge in [-0.25, -0.2) is 0 Å². The van der Waals surface area contributed by atoms with Crippen LogP contribution in [0.1, 0.15) is 67.2 Å². The lowest BCUT2D eigenvalue weighted by Gasteiger charge is -2.84. The van der Waals surface area contributed by atoms with Crippen molar-refractivity contribution in [1.29, 1.82) is 0 Å². The van der Waals surface area contributed by atoms with Gasteiger partial charge < -0.3 is 0 Å². The van der Waals surface area contributed by atoms with Crippen LogP contribution in [0.15, 0.2) is 0 Å². The Morgan fingerprint density at radius 3 is 2.13 bits per heavy atom. The van der Waals surface area contributed by atoms with Gasteiger partial charge in [0.15, 0.2) is 0 Å². The van der Waals surface area contributed by atoms with Crippen molar-refractivity contribution in [3.05, 3.63) is 0 Å². The second kappa shape index (κ2) is 3.02. The minimum atomic E-state index is 0.620. The van der Waals surface area contributed by atoms with Crippen LogP contribution in [0.4, 0.5) is 0 Å². The third-order valence-electron chi connectivity index (χ3n) is 7.06. The molecule has 5 unspecified atom stereocenters. The highest BCUT2D eigenvalue weighted by atomic mass is 14.8. The van der Waals surface area contributed by atoms with Gasteiger partial charge >= 0.3 is 0 Å². The molecule has 0 heteroatoms. The summed E-state index contributed by atoms with van der Waals surface area (Å²) in [5.74, 6) is 1.89. The topological polar surface area (TPSA) is 0 Å². The fraction of sp³-hybridized carbons (Fsp3) is 1.00. The van der Waals surface area contributed by atoms with E-state index in [-0.39, 0.29) is 0 Å². The van der Waals surface area contributed by atoms with E-state index in [2.05, 4.69) is 41.5 Å². The van der Waals surface area contributed by atoms with Gasteiger partial charge in [-0.2, -0.15) is 0 Å². The van der Waals surface area contributed by atoms with Gasteiger partial charge in [-0.1, -0.05) is 48.0 Å². The van der Waals surface area contributed by atoms with Crippen LogP contribution in [0.25, 0.3) is 0 Å². The maximum Gasteiger partial charge on any atom is -0.0184 e. The molecule has 2 fully saturated rings. The number of fused-ring (bicyclic) bond motifs is 1. The smallest absolute Gasteiger partial charge is 0.0184 e. The Bertz CT molecular complexity index is 269. The summed E-state index contributed by atoms with van der Waals surface area (Å²) in [7, 11) is 0. The van der Waals surface area contributed by atoms with Gasteiger partial charge in [0.25, 0.3) is 0 Å². The van der Waals surface area contributed by atoms with Gasteiger partial charge in [0, 0.05) is 0 Å². The summed E-state index contributed by atoms with van der Waals surface area (Å²) in [6.07, 6.45) is 5.66. The molecule has 0 amide bonds. The molecular formula is C15H28. The summed E-state index contributed by atoms with van der Waals surface area (Å²) in [6.45, 7) is 14.9. The fourth-order valence-corrected chi connectivity index (χ4v) is 5.88. The van der Waals surface area contributed by atoms with Crippen LogP contribution in [0.5, 0.6) is 0 Å². The van der Waals surface area contributed by atoms with Crippen molar-refractivity contribution in [2.24, 2.45) is 28.1 Å². The maximum atomic E-state index is 2.58. The number of rotatable bonds is 3. The standard InChI is InChI=1S/C15H28/c1-7-9-13(5)12(4)15(8-2)10-11(3)14(13,15)6/h11-12H,7-10H2,1-6H3. The summed E-state index contributed by atoms with van der Waals surface area (Å²) in [4.78, 5) is 0. The van der Waals surface area contributed by atoms with E-state index < -0.39 is 0 Å². The van der Waals surface area contributed by atoms with Crippen molar-refractivity contribution in [2.75, 3.05) is 0 Å². The Hall–Kier alpha value is 0. The van der Waals surface area contributed by atoms with Crippen LogP contribution in [-0.4, -0.2) is 0 Å². The van der Waals surface area contributed by atoms with E-state index in [0.29, 0.717) is 16.2 Å². The van der Waals surface area contributed by atoms with Crippen LogP contribution in [0.2, 0.25) is 0 Å². The van der Waals surface area contributed by atoms with E-state index in [1.54, 1.807) is 0 Å². The van der Waals surface area contributed by atoms with Crippen molar-refractivity contribution in [2.45, 2.75) is 67.2 Å². The Morgan fingerprint density at radius 1 is 1.13 bits per heavy atom. The second-order valence-electron chi connectivity index (χ2n) is 6.71. The number of hydrogen-bond donors (Lipinski definition) is 0. The first-order chi connectivity index (χ1) is 6.90. The molecule has 0 radical (unpaired) electrons. The van der Waals surface area contributed by atoms with Gasteiger partial charge in [0.1, 0.15) is 0 Å². The van der Waals surface area contributed by atoms with Crippen molar-refractivity contribution in [3.63, 3.8) is 0 Å². The largest absolute Gasteiger partial charge is 0.0654 e. The molecule has 0 aliphatic heterocycles. The van der Waals surface area contributed by atoms with Crippen LogP contribution in [0, 0.1) is 28.1 Å². The molecule has 2 saturated carbocycles. The summed E-state index contributed by atoms with van der Waals surface area (Å²) in [6, 6.07) is 0. The molecule has 2 aliphatic carbocycles. The Labute approximate surface area is 95.8 Å². The summed E-state index contributed by atoms with van der Waals surface area (Å²) < 4.78 is 0. The molecular weight excluding hydrogens is 180 g/mol. The first kappa shape index (κ1) is 11.5. The van der Waals surface area contributed by atoms with E-state index in [1.165, 1.54) is 25.7 Å². The van der Waals surface area contributed by atoms with Crippen LogP contribution in [-0.2, 0) is 0 Å². The predicted molar refractivity (Wildman–Crippen MR) is 66.8 cm³/mol. The Kier molecular flexibility index (Phi) is 2.31. The van der Waals surface area contributed by atoms with E-state index in [4.69, 9.17) is 0 Å². The van der Waals surface area contributed by atoms with Gasteiger partial charge in [-0.05, 0) is 47.3 Å². The lowest BCUT2D eigenvalue weighted by atomic mass is 9.20. The quantitative estimate of drug-likeness (QED) is 0.620. The van der Waals surface area contributed by atoms with Crippen LogP contribution in [0.3, 0.4) is 0 Å². The number of hydrogen-bond acceptors (Lipinski definition) is 0. The molecule has 0 bridgehead atoms. The first-order valence-electron chi connectivity index (χ1n) is 6.90. The molecule has 5 atom stereocenters. The zero-order chi connectivity index (χ0) is 11.5. The minimum absolute atomic E-state index is 0.620. The molecule has 0 aromatic carbocycles. The van der Waals surface area contributed by atoms with Crippen molar-refractivity contribution in [1.82, 2.24) is 0 Å². The highest BCUT2D eigenvalue weighted by Gasteiger charge is 2.79. The SMILES string of the molecule is CCCC1(C)C(C)C2(CC)CC(C)C12C. The third kappa shape index (κ3) is 0.875. The van der Waals surface area contributed by atoms with Gasteiger partial charge in [-0.15, -0.1) is 0 Å². The van der Waals surface area contributed by atoms with Crippen LogP contribution < -0.4 is 0 Å². The zero-order valence-electron chi connectivity index (χ0n) is 11.5. The summed E-state index contributed by atoms with van der Waals surface area (Å²) >= 11 is 0. The Balaban J connectivity index is 2.32. The third-order valence-corrected chi connectivity index (χ3v) is 7.06. The molecule has 0 aromatic rings. The highest BCUT2D eigenvalue weighted by Crippen LogP contribution is 2.85. The van der Waals surface area contributed by atoms with E-state index >= 15 is 0 Å². The van der Waals surface area contributed by atoms with Gasteiger partial charge in [0.05, 0.1) is 0 Å². The molecule has 15 heavy (non-hydrogen) atoms. The molecule has 0 heterocycles. The molecule has 0 saturated heterocycles. The van der Waals surface area contributed by atoms with E-state index in [1.807, 2.05) is 0 Å². The predicted octanol–water partition coefficient (Wildman–Crippen LogP) is 4.89. The lowest BCUT2D eigenvalue weighted by Crippen LogP contribution is -2.78. The van der Waals surface area contributed by atoms with E-state index in [0.717, 1.165) is 11.8 Å². The van der Waals surface area contributed by atoms with Gasteiger partial charge in [-0.3, -0.25) is 0 Å². The summed E-state index contributed by atoms with van der Waals surface area (Å²) in [5, 5.41) is 0. The molecule has 2 rings (SSSR count). The molecule has 88 valence electrons. The molecule has 0 nitrogen and oxygen atoms in total. The average Bonchev–Trinajstić information content (AvgIpc) is 2.23. The average molecular weight is 208 g/mol. The molecule has 0 spiro atoms. The van der Waals surface area contributed by atoms with Gasteiger partial charge in [0.2, 0.25) is 0 Å². The highest BCUT2D eigenvalue weighted by molar-refractivity contribution is 5.27. The summed E-state index contributed by atoms with van der Waals surface area (Å²) in [5.41, 5.74) is 1.97.